The predicted octanol–water partition coefficient (Wildman–Crippen LogP) is 1.94. The fourth-order valence-electron chi connectivity index (χ4n) is 1.45. The van der Waals surface area contributed by atoms with E-state index >= 15 is 0 Å². The molecule has 3 nitrogen and oxygen atoms in total. The monoisotopic (exact) mass is 200 g/mol. The van der Waals surface area contributed by atoms with Gasteiger partial charge in [0, 0.05) is 11.8 Å². The van der Waals surface area contributed by atoms with Crippen molar-refractivity contribution in [1.82, 2.24) is 9.97 Å². The lowest BCUT2D eigenvalue weighted by molar-refractivity contribution is 0.282. The largest absolute Gasteiger partial charge is 0.392 e. The van der Waals surface area contributed by atoms with Crippen molar-refractivity contribution in [2.24, 2.45) is 0 Å². The highest BCUT2D eigenvalue weighted by atomic mass is 16.3. The molecule has 2 aromatic rings. The molecule has 1 heterocycles. The predicted molar refractivity (Wildman–Crippen MR) is 58.1 cm³/mol. The molecule has 0 spiro atoms. The van der Waals surface area contributed by atoms with E-state index < -0.39 is 0 Å². The van der Waals surface area contributed by atoms with Crippen LogP contribution in [0.4, 0.5) is 0 Å². The molecule has 0 fully saturated rings. The molecule has 1 N–H and O–H groups in total. The first-order valence-corrected chi connectivity index (χ1v) is 4.79. The maximum atomic E-state index is 9.03. The van der Waals surface area contributed by atoms with Gasteiger partial charge in [-0.1, -0.05) is 18.2 Å². The summed E-state index contributed by atoms with van der Waals surface area (Å²) in [6.45, 7) is 1.91. The van der Waals surface area contributed by atoms with E-state index in [0.717, 1.165) is 22.6 Å². The number of rotatable bonds is 2. The van der Waals surface area contributed by atoms with E-state index in [9.17, 15) is 0 Å². The first-order chi connectivity index (χ1) is 7.29. The van der Waals surface area contributed by atoms with Crippen LogP contribution in [0.2, 0.25) is 0 Å². The van der Waals surface area contributed by atoms with Crippen LogP contribution >= 0.6 is 0 Å². The third-order valence-electron chi connectivity index (χ3n) is 2.18. The molecule has 0 unspecified atom stereocenters. The molecular formula is C12H12N2O. The van der Waals surface area contributed by atoms with Crippen LogP contribution in [0.5, 0.6) is 0 Å². The second kappa shape index (κ2) is 4.19. The number of aliphatic hydroxyl groups excluding tert-OH is 1. The Morgan fingerprint density at radius 3 is 2.87 bits per heavy atom. The van der Waals surface area contributed by atoms with E-state index in [-0.39, 0.29) is 6.61 Å². The summed E-state index contributed by atoms with van der Waals surface area (Å²) in [6.07, 6.45) is 1.74. The van der Waals surface area contributed by atoms with E-state index in [4.69, 9.17) is 5.11 Å². The number of benzene rings is 1. The minimum atomic E-state index is 0.0535. The molecule has 0 radical (unpaired) electrons. The average Bonchev–Trinajstić information content (AvgIpc) is 2.29. The van der Waals surface area contributed by atoms with Gasteiger partial charge in [-0.15, -0.1) is 0 Å². The van der Waals surface area contributed by atoms with Crippen molar-refractivity contribution in [3.05, 3.63) is 47.9 Å². The van der Waals surface area contributed by atoms with Crippen molar-refractivity contribution in [1.29, 1.82) is 0 Å². The van der Waals surface area contributed by atoms with Gasteiger partial charge in [0.25, 0.3) is 0 Å². The summed E-state index contributed by atoms with van der Waals surface area (Å²) in [5, 5.41) is 9.03. The van der Waals surface area contributed by atoms with Crippen molar-refractivity contribution >= 4 is 0 Å². The van der Waals surface area contributed by atoms with Gasteiger partial charge in [-0.2, -0.15) is 0 Å². The summed E-state index contributed by atoms with van der Waals surface area (Å²) in [5.41, 5.74) is 2.79. The van der Waals surface area contributed by atoms with Crippen molar-refractivity contribution < 1.29 is 5.11 Å². The van der Waals surface area contributed by atoms with Crippen molar-refractivity contribution in [2.45, 2.75) is 13.5 Å². The van der Waals surface area contributed by atoms with Crippen LogP contribution in [-0.2, 0) is 6.61 Å². The van der Waals surface area contributed by atoms with Crippen LogP contribution in [0.3, 0.4) is 0 Å². The van der Waals surface area contributed by atoms with E-state index in [1.54, 1.807) is 6.20 Å². The van der Waals surface area contributed by atoms with Gasteiger partial charge in [0.15, 0.2) is 0 Å². The Bertz CT molecular complexity index is 469. The smallest absolute Gasteiger partial charge is 0.125 e. The van der Waals surface area contributed by atoms with Gasteiger partial charge in [-0.3, -0.25) is 0 Å². The third-order valence-corrected chi connectivity index (χ3v) is 2.18. The highest BCUT2D eigenvalue weighted by molar-refractivity contribution is 5.59. The number of hydrogen-bond donors (Lipinski definition) is 1. The molecule has 76 valence electrons. The van der Waals surface area contributed by atoms with Crippen molar-refractivity contribution in [3.63, 3.8) is 0 Å². The zero-order valence-corrected chi connectivity index (χ0v) is 8.51. The third kappa shape index (κ3) is 2.19. The molecule has 1 aromatic heterocycles. The Morgan fingerprint density at radius 1 is 1.27 bits per heavy atom. The standard InChI is InChI=1S/C12H12N2O/c1-9-13-6-5-12(14-9)11-4-2-3-10(7-11)8-15/h2-7,15H,8H2,1H3. The Morgan fingerprint density at radius 2 is 2.13 bits per heavy atom. The number of nitrogens with zero attached hydrogens (tertiary/aromatic N) is 2. The lowest BCUT2D eigenvalue weighted by Crippen LogP contribution is -1.91. The van der Waals surface area contributed by atoms with E-state index in [1.807, 2.05) is 37.3 Å². The van der Waals surface area contributed by atoms with Crippen LogP contribution in [0.1, 0.15) is 11.4 Å². The fourth-order valence-corrected chi connectivity index (χ4v) is 1.45. The van der Waals surface area contributed by atoms with Gasteiger partial charge in [-0.25, -0.2) is 9.97 Å². The Hall–Kier alpha value is -1.74. The molecule has 0 saturated heterocycles. The number of hydrogen-bond acceptors (Lipinski definition) is 3. The number of aromatic nitrogens is 2. The molecule has 0 atom stereocenters. The molecule has 0 aliphatic heterocycles. The quantitative estimate of drug-likeness (QED) is 0.805. The van der Waals surface area contributed by atoms with Gasteiger partial charge in [0.1, 0.15) is 5.82 Å². The number of aryl methyl sites for hydroxylation is 1. The summed E-state index contributed by atoms with van der Waals surface area (Å²) >= 11 is 0. The average molecular weight is 200 g/mol. The van der Waals surface area contributed by atoms with Gasteiger partial charge in [0.2, 0.25) is 0 Å². The Kier molecular flexibility index (Phi) is 2.74. The number of aliphatic hydroxyl groups is 1. The second-order valence-electron chi connectivity index (χ2n) is 3.35. The molecule has 15 heavy (non-hydrogen) atoms. The topological polar surface area (TPSA) is 46.0 Å². The molecule has 3 heteroatoms. The highest BCUT2D eigenvalue weighted by Gasteiger charge is 2.00. The van der Waals surface area contributed by atoms with Crippen LogP contribution < -0.4 is 0 Å². The van der Waals surface area contributed by atoms with Gasteiger partial charge >= 0.3 is 0 Å². The summed E-state index contributed by atoms with van der Waals surface area (Å²) in [4.78, 5) is 8.37. The molecule has 0 bridgehead atoms. The molecule has 0 aliphatic carbocycles. The van der Waals surface area contributed by atoms with Crippen LogP contribution in [0.25, 0.3) is 11.3 Å². The minimum Gasteiger partial charge on any atom is -0.392 e. The summed E-state index contributed by atoms with van der Waals surface area (Å²) in [5.74, 6) is 0.752. The van der Waals surface area contributed by atoms with Crippen LogP contribution in [-0.4, -0.2) is 15.1 Å². The normalized spacial score (nSPS) is 10.3. The van der Waals surface area contributed by atoms with Gasteiger partial charge in [0.05, 0.1) is 12.3 Å². The zero-order chi connectivity index (χ0) is 10.7. The van der Waals surface area contributed by atoms with E-state index in [0.29, 0.717) is 0 Å². The van der Waals surface area contributed by atoms with Crippen LogP contribution in [0, 0.1) is 6.92 Å². The van der Waals surface area contributed by atoms with Crippen LogP contribution in [0.15, 0.2) is 36.5 Å². The summed E-state index contributed by atoms with van der Waals surface area (Å²) < 4.78 is 0. The lowest BCUT2D eigenvalue weighted by atomic mass is 10.1. The maximum Gasteiger partial charge on any atom is 0.125 e. The molecule has 0 amide bonds. The van der Waals surface area contributed by atoms with Crippen molar-refractivity contribution in [2.75, 3.05) is 0 Å². The maximum absolute atomic E-state index is 9.03. The first-order valence-electron chi connectivity index (χ1n) is 4.79. The molecular weight excluding hydrogens is 188 g/mol. The zero-order valence-electron chi connectivity index (χ0n) is 8.51. The lowest BCUT2D eigenvalue weighted by Gasteiger charge is -2.03. The van der Waals surface area contributed by atoms with Gasteiger partial charge in [-0.05, 0) is 24.6 Å². The summed E-state index contributed by atoms with van der Waals surface area (Å²) in [6, 6.07) is 9.57. The SMILES string of the molecule is Cc1nccc(-c2cccc(CO)c2)n1. The first kappa shape index (κ1) is 9.80. The Labute approximate surface area is 88.5 Å². The second-order valence-corrected chi connectivity index (χ2v) is 3.35. The van der Waals surface area contributed by atoms with Gasteiger partial charge < -0.3 is 5.11 Å². The minimum absolute atomic E-state index is 0.0535. The molecule has 2 rings (SSSR count). The fraction of sp³-hybridized carbons (Fsp3) is 0.167. The molecule has 0 aliphatic rings. The van der Waals surface area contributed by atoms with E-state index in [2.05, 4.69) is 9.97 Å². The van der Waals surface area contributed by atoms with E-state index in [1.165, 1.54) is 0 Å². The summed E-state index contributed by atoms with van der Waals surface area (Å²) in [7, 11) is 0. The highest BCUT2D eigenvalue weighted by Crippen LogP contribution is 2.17. The molecule has 0 saturated carbocycles. The van der Waals surface area contributed by atoms with Crippen molar-refractivity contribution in [3.8, 4) is 11.3 Å². The molecule has 1 aromatic carbocycles. The Balaban J connectivity index is 2.44.